The van der Waals surface area contributed by atoms with Crippen molar-refractivity contribution in [2.24, 2.45) is 0 Å². The maximum atomic E-state index is 9.63. The summed E-state index contributed by atoms with van der Waals surface area (Å²) in [5, 5.41) is 22.1. The number of aromatic hydroxyl groups is 1. The number of furan rings is 1. The number of anilines is 1. The Bertz CT molecular complexity index is 1250. The van der Waals surface area contributed by atoms with E-state index in [1.54, 1.807) is 30.5 Å². The molecular formula is C18H15N7O2. The molecule has 0 aliphatic heterocycles. The number of benzene rings is 1. The van der Waals surface area contributed by atoms with Gasteiger partial charge in [-0.2, -0.15) is 14.6 Å². The molecule has 134 valence electrons. The average molecular weight is 361 g/mol. The number of aromatic nitrogens is 6. The first-order chi connectivity index (χ1) is 13.2. The number of nitrogens with one attached hydrogen (secondary N) is 1. The van der Waals surface area contributed by atoms with Crippen LogP contribution in [-0.4, -0.2) is 34.9 Å². The van der Waals surface area contributed by atoms with Crippen LogP contribution in [0.25, 0.3) is 28.3 Å². The Balaban J connectivity index is 1.60. The first-order valence-electron chi connectivity index (χ1n) is 8.40. The lowest BCUT2D eigenvalue weighted by Crippen LogP contribution is -2.03. The molecule has 27 heavy (non-hydrogen) atoms. The van der Waals surface area contributed by atoms with Gasteiger partial charge in [-0.1, -0.05) is 12.1 Å². The number of aromatic amines is 1. The number of phenols is 1. The van der Waals surface area contributed by atoms with E-state index in [1.165, 1.54) is 4.52 Å². The third-order valence-corrected chi connectivity index (χ3v) is 4.41. The first-order valence-corrected chi connectivity index (χ1v) is 8.40. The summed E-state index contributed by atoms with van der Waals surface area (Å²) in [5.74, 6) is 1.44. The number of nitrogens with two attached hydrogens (primary N) is 1. The molecule has 0 amide bonds. The van der Waals surface area contributed by atoms with Crippen molar-refractivity contribution in [3.05, 3.63) is 53.9 Å². The van der Waals surface area contributed by atoms with Crippen LogP contribution in [0.1, 0.15) is 11.3 Å². The van der Waals surface area contributed by atoms with Crippen molar-refractivity contribution in [1.29, 1.82) is 0 Å². The summed E-state index contributed by atoms with van der Waals surface area (Å²) in [5.41, 5.74) is 8.98. The Kier molecular flexibility index (Phi) is 3.32. The summed E-state index contributed by atoms with van der Waals surface area (Å²) < 4.78 is 6.88. The van der Waals surface area contributed by atoms with E-state index in [4.69, 9.17) is 10.2 Å². The first kappa shape index (κ1) is 15.4. The molecule has 9 heteroatoms. The number of hydrogen-bond acceptors (Lipinski definition) is 7. The minimum Gasteiger partial charge on any atom is -0.508 e. The van der Waals surface area contributed by atoms with Crippen molar-refractivity contribution < 1.29 is 9.52 Å². The van der Waals surface area contributed by atoms with E-state index >= 15 is 0 Å². The van der Waals surface area contributed by atoms with E-state index < -0.39 is 0 Å². The van der Waals surface area contributed by atoms with Crippen LogP contribution >= 0.6 is 0 Å². The van der Waals surface area contributed by atoms with Crippen LogP contribution in [0.3, 0.4) is 0 Å². The zero-order chi connectivity index (χ0) is 18.4. The Labute approximate surface area is 152 Å². The lowest BCUT2D eigenvalue weighted by Gasteiger charge is -2.02. The highest BCUT2D eigenvalue weighted by molar-refractivity contribution is 5.92. The standard InChI is InChI=1S/C18H15N7O2/c19-18-21-16-14(17-20-15(24-25(17)18)13-5-2-8-27-13)12(22-23-16)7-6-10-3-1-4-11(26)9-10/h1-5,8-9,26H,6-7H2,(H3,19,21,22,23). The van der Waals surface area contributed by atoms with Crippen molar-refractivity contribution in [3.8, 4) is 17.3 Å². The minimum absolute atomic E-state index is 0.203. The minimum atomic E-state index is 0.203. The number of hydrogen-bond donors (Lipinski definition) is 3. The van der Waals surface area contributed by atoms with Gasteiger partial charge in [0.15, 0.2) is 17.1 Å². The SMILES string of the molecule is Nc1nc2n[nH]c(CCc3cccc(O)c3)c2c2nc(-c3ccco3)nn12. The molecule has 5 aromatic rings. The van der Waals surface area contributed by atoms with E-state index in [1.807, 2.05) is 12.1 Å². The molecule has 9 nitrogen and oxygen atoms in total. The summed E-state index contributed by atoms with van der Waals surface area (Å²) >= 11 is 0. The maximum absolute atomic E-state index is 9.63. The fraction of sp³-hybridized carbons (Fsp3) is 0.111. The third-order valence-electron chi connectivity index (χ3n) is 4.41. The number of aryl methyl sites for hydroxylation is 2. The van der Waals surface area contributed by atoms with Crippen molar-refractivity contribution in [1.82, 2.24) is 29.8 Å². The number of fused-ring (bicyclic) bond motifs is 3. The summed E-state index contributed by atoms with van der Waals surface area (Å²) in [6.45, 7) is 0. The molecule has 0 unspecified atom stereocenters. The molecule has 0 fully saturated rings. The van der Waals surface area contributed by atoms with Gasteiger partial charge in [0.2, 0.25) is 11.8 Å². The van der Waals surface area contributed by atoms with Crippen LogP contribution in [0.5, 0.6) is 5.75 Å². The fourth-order valence-electron chi connectivity index (χ4n) is 3.14. The zero-order valence-corrected chi connectivity index (χ0v) is 14.1. The molecule has 4 heterocycles. The second-order valence-electron chi connectivity index (χ2n) is 6.19. The number of rotatable bonds is 4. The topological polar surface area (TPSA) is 131 Å². The monoisotopic (exact) mass is 361 g/mol. The average Bonchev–Trinajstić information content (AvgIpc) is 3.38. The smallest absolute Gasteiger partial charge is 0.225 e. The molecule has 0 aliphatic carbocycles. The normalized spacial score (nSPS) is 11.6. The predicted octanol–water partition coefficient (Wildman–Crippen LogP) is 2.33. The van der Waals surface area contributed by atoms with E-state index in [9.17, 15) is 5.11 Å². The molecule has 5 rings (SSSR count). The summed E-state index contributed by atoms with van der Waals surface area (Å²) in [4.78, 5) is 8.90. The largest absolute Gasteiger partial charge is 0.508 e. The van der Waals surface area contributed by atoms with E-state index in [0.717, 1.165) is 23.1 Å². The van der Waals surface area contributed by atoms with Crippen LogP contribution in [0, 0.1) is 0 Å². The molecule has 0 saturated carbocycles. The predicted molar refractivity (Wildman–Crippen MR) is 98.1 cm³/mol. The number of H-pyrrole nitrogens is 1. The van der Waals surface area contributed by atoms with Gasteiger partial charge in [-0.25, -0.2) is 4.98 Å². The van der Waals surface area contributed by atoms with Gasteiger partial charge >= 0.3 is 0 Å². The van der Waals surface area contributed by atoms with Crippen LogP contribution in [0.2, 0.25) is 0 Å². The molecule has 4 N–H and O–H groups in total. The molecule has 0 radical (unpaired) electrons. The maximum Gasteiger partial charge on any atom is 0.225 e. The molecule has 0 atom stereocenters. The van der Waals surface area contributed by atoms with Gasteiger partial charge in [0.25, 0.3) is 0 Å². The van der Waals surface area contributed by atoms with Gasteiger partial charge < -0.3 is 15.3 Å². The van der Waals surface area contributed by atoms with Crippen molar-refractivity contribution in [2.75, 3.05) is 5.73 Å². The van der Waals surface area contributed by atoms with Gasteiger partial charge in [0.05, 0.1) is 11.6 Å². The van der Waals surface area contributed by atoms with Crippen molar-refractivity contribution >= 4 is 22.6 Å². The second kappa shape index (κ2) is 5.84. The number of nitrogens with zero attached hydrogens (tertiary/aromatic N) is 5. The molecule has 4 aromatic heterocycles. The van der Waals surface area contributed by atoms with Crippen LogP contribution < -0.4 is 5.73 Å². The number of nitrogen functional groups attached to an aromatic ring is 1. The van der Waals surface area contributed by atoms with Gasteiger partial charge in [-0.05, 0) is 42.7 Å². The van der Waals surface area contributed by atoms with Crippen molar-refractivity contribution in [2.45, 2.75) is 12.8 Å². The van der Waals surface area contributed by atoms with Crippen LogP contribution in [0.15, 0.2) is 47.1 Å². The van der Waals surface area contributed by atoms with E-state index in [-0.39, 0.29) is 11.7 Å². The summed E-state index contributed by atoms with van der Waals surface area (Å²) in [6.07, 6.45) is 2.96. The summed E-state index contributed by atoms with van der Waals surface area (Å²) in [7, 11) is 0. The van der Waals surface area contributed by atoms with Gasteiger partial charge in [0, 0.05) is 5.69 Å². The van der Waals surface area contributed by atoms with Crippen LogP contribution in [0.4, 0.5) is 5.95 Å². The summed E-state index contributed by atoms with van der Waals surface area (Å²) in [6, 6.07) is 10.7. The molecule has 1 aromatic carbocycles. The molecule has 0 aliphatic rings. The highest BCUT2D eigenvalue weighted by Crippen LogP contribution is 2.25. The molecule has 0 spiro atoms. The molecule has 0 bridgehead atoms. The fourth-order valence-corrected chi connectivity index (χ4v) is 3.14. The quantitative estimate of drug-likeness (QED) is 0.447. The van der Waals surface area contributed by atoms with Crippen molar-refractivity contribution in [3.63, 3.8) is 0 Å². The highest BCUT2D eigenvalue weighted by atomic mass is 16.3. The second-order valence-corrected chi connectivity index (χ2v) is 6.19. The Morgan fingerprint density at radius 3 is 2.89 bits per heavy atom. The Morgan fingerprint density at radius 2 is 2.07 bits per heavy atom. The number of phenolic OH excluding ortho intramolecular Hbond substituents is 1. The Hall–Kier alpha value is -3.88. The van der Waals surface area contributed by atoms with Gasteiger partial charge in [-0.15, -0.1) is 5.10 Å². The van der Waals surface area contributed by atoms with Gasteiger partial charge in [0.1, 0.15) is 5.75 Å². The molecule has 0 saturated heterocycles. The Morgan fingerprint density at radius 1 is 1.15 bits per heavy atom. The van der Waals surface area contributed by atoms with E-state index in [0.29, 0.717) is 29.3 Å². The van der Waals surface area contributed by atoms with Gasteiger partial charge in [-0.3, -0.25) is 5.10 Å². The van der Waals surface area contributed by atoms with E-state index in [2.05, 4.69) is 25.3 Å². The lowest BCUT2D eigenvalue weighted by molar-refractivity contribution is 0.474. The lowest BCUT2D eigenvalue weighted by atomic mass is 10.1. The molecular weight excluding hydrogens is 346 g/mol. The zero-order valence-electron chi connectivity index (χ0n) is 14.1. The van der Waals surface area contributed by atoms with Crippen LogP contribution in [-0.2, 0) is 12.8 Å². The third kappa shape index (κ3) is 2.56. The highest BCUT2D eigenvalue weighted by Gasteiger charge is 2.19.